The van der Waals surface area contributed by atoms with Crippen LogP contribution in [0.4, 0.5) is 17.6 Å². The average Bonchev–Trinajstić information content (AvgIpc) is 1.41. The fraction of sp³-hybridized carbons (Fsp3) is 0.644. The van der Waals surface area contributed by atoms with Crippen LogP contribution < -0.4 is 0 Å². The lowest BCUT2D eigenvalue weighted by Crippen LogP contribution is -2.70. The second kappa shape index (κ2) is 30.3. The zero-order valence-electron chi connectivity index (χ0n) is 67.0. The predicted molar refractivity (Wildman–Crippen MR) is 421 cm³/mol. The molecular formula is C90H111F4NO17S2. The van der Waals surface area contributed by atoms with Crippen LogP contribution in [0.5, 0.6) is 0 Å². The number of aliphatic hydroxyl groups excluding tert-OH is 5. The Labute approximate surface area is 672 Å². The van der Waals surface area contributed by atoms with Gasteiger partial charge in [0.05, 0.1) is 29.3 Å². The topological polar surface area (TPSA) is 289 Å². The molecule has 0 bridgehead atoms. The van der Waals surface area contributed by atoms with Gasteiger partial charge in [0.15, 0.2) is 63.5 Å². The van der Waals surface area contributed by atoms with Crippen molar-refractivity contribution in [1.29, 1.82) is 0 Å². The normalized spacial score (nSPS) is 43.6. The van der Waals surface area contributed by atoms with Crippen LogP contribution in [0.1, 0.15) is 198 Å². The number of esters is 1. The predicted octanol–water partition coefficient (Wildman–Crippen LogP) is 12.8. The van der Waals surface area contributed by atoms with E-state index < -0.39 is 158 Å². The van der Waals surface area contributed by atoms with E-state index in [-0.39, 0.29) is 96.3 Å². The molecule has 114 heavy (non-hydrogen) atoms. The SMILES string of the molecule is CCC(=O)O[C@]1(C(=O)SCF)CC[C@H]2[C@@H]3C[C@H](F)C4=CC(=O)C=C[C@]4(C)[C@@]3(F)[C@@H](O)C[C@@]21C.CCCC1O[C@@H]2C[C@H]3[C@@H]4CCC5=CC(=O)C=C[C@]5(C)[C@H]4[C@@H](O)C[C@]3(C)C2(C(=O)CO)O1.CN1CCC(=C2c3ccccc3CC(=O)c3sccc32)CC1.C[C@@H]1C[C@H]2[C@@H]3CCC4=CC(=O)C=C[C@]4(C)[C@@]3(F)[C@@H](O)C[C@]2(C)[C@@]1(O)C(=O)CO. The number of aliphatic hydroxyl groups is 6. The Balaban J connectivity index is 0.000000127. The number of halogens is 4. The molecule has 0 radical (unpaired) electrons. The number of likely N-dealkylation sites (tertiary alicyclic amines) is 1. The lowest BCUT2D eigenvalue weighted by Gasteiger charge is -2.63. The van der Waals surface area contributed by atoms with Crippen molar-refractivity contribution in [2.24, 2.45) is 79.8 Å². The number of hydrogen-bond donors (Lipinski definition) is 6. The summed E-state index contributed by atoms with van der Waals surface area (Å²) in [7, 11) is 2.18. The summed E-state index contributed by atoms with van der Waals surface area (Å²) < 4.78 is 80.9. The minimum Gasteiger partial charge on any atom is -0.449 e. The Morgan fingerprint density at radius 2 is 1.33 bits per heavy atom. The first-order valence-electron chi connectivity index (χ1n) is 41.1. The van der Waals surface area contributed by atoms with Crippen molar-refractivity contribution in [2.45, 2.75) is 243 Å². The molecule has 0 spiro atoms. The first-order valence-corrected chi connectivity index (χ1v) is 43.0. The number of benzene rings is 1. The van der Waals surface area contributed by atoms with Crippen LogP contribution in [0.3, 0.4) is 0 Å². The first-order chi connectivity index (χ1) is 53.8. The van der Waals surface area contributed by atoms with Crippen LogP contribution in [-0.2, 0) is 54.2 Å². The van der Waals surface area contributed by atoms with Crippen LogP contribution in [0, 0.1) is 79.8 Å². The molecule has 1 aromatic heterocycles. The summed E-state index contributed by atoms with van der Waals surface area (Å²) in [4.78, 5) is 103. The van der Waals surface area contributed by atoms with Gasteiger partial charge in [0.2, 0.25) is 5.12 Å². The molecule has 25 atom stereocenters. The highest BCUT2D eigenvalue weighted by Crippen LogP contribution is 2.75. The number of rotatable bonds is 10. The van der Waals surface area contributed by atoms with Crippen LogP contribution >= 0.6 is 23.1 Å². The lowest BCUT2D eigenvalue weighted by atomic mass is 9.44. The Morgan fingerprint density at radius 1 is 0.702 bits per heavy atom. The smallest absolute Gasteiger partial charge is 0.306 e. The number of thiophene rings is 1. The number of hydrogen-bond acceptors (Lipinski definition) is 20. The van der Waals surface area contributed by atoms with E-state index >= 15 is 13.2 Å². The van der Waals surface area contributed by atoms with E-state index in [9.17, 15) is 73.4 Å². The second-order valence-corrected chi connectivity index (χ2v) is 38.6. The highest BCUT2D eigenvalue weighted by atomic mass is 32.2. The van der Waals surface area contributed by atoms with E-state index in [4.69, 9.17) is 14.2 Å². The van der Waals surface area contributed by atoms with Crippen molar-refractivity contribution in [3.8, 4) is 0 Å². The van der Waals surface area contributed by atoms with Gasteiger partial charge in [-0.3, -0.25) is 38.4 Å². The fourth-order valence-electron chi connectivity index (χ4n) is 26.1. The maximum Gasteiger partial charge on any atom is 0.306 e. The molecule has 3 heterocycles. The van der Waals surface area contributed by atoms with Crippen molar-refractivity contribution >= 4 is 74.5 Å². The van der Waals surface area contributed by atoms with Gasteiger partial charge < -0.3 is 49.7 Å². The lowest BCUT2D eigenvalue weighted by molar-refractivity contribution is -0.226. The van der Waals surface area contributed by atoms with E-state index in [1.54, 1.807) is 64.2 Å². The van der Waals surface area contributed by atoms with E-state index in [2.05, 4.69) is 62.4 Å². The Kier molecular flexibility index (Phi) is 22.5. The molecule has 15 aliphatic rings. The molecule has 9 saturated carbocycles. The Hall–Kier alpha value is -6.03. The number of carbonyl (C=O) groups is 8. The molecule has 11 fully saturated rings. The number of piperidine rings is 1. The summed E-state index contributed by atoms with van der Waals surface area (Å²) in [6.45, 7) is 17.1. The first kappa shape index (κ1) is 84.4. The molecule has 2 aromatic rings. The second-order valence-electron chi connectivity index (χ2n) is 36.8. The molecule has 17 rings (SSSR count). The van der Waals surface area contributed by atoms with Gasteiger partial charge in [0.1, 0.15) is 31.0 Å². The van der Waals surface area contributed by atoms with Crippen molar-refractivity contribution in [3.63, 3.8) is 0 Å². The van der Waals surface area contributed by atoms with Gasteiger partial charge in [0, 0.05) is 81.7 Å². The van der Waals surface area contributed by atoms with Crippen LogP contribution in [0.15, 0.2) is 113 Å². The van der Waals surface area contributed by atoms with Gasteiger partial charge in [0.25, 0.3) is 0 Å². The van der Waals surface area contributed by atoms with Gasteiger partial charge in [-0.2, -0.15) is 0 Å². The van der Waals surface area contributed by atoms with Gasteiger partial charge in [-0.1, -0.05) is 114 Å². The van der Waals surface area contributed by atoms with Crippen molar-refractivity contribution in [2.75, 3.05) is 39.4 Å². The average molecular weight is 1620 g/mol. The molecule has 2 unspecified atom stereocenters. The van der Waals surface area contributed by atoms with Crippen molar-refractivity contribution < 1.29 is 101 Å². The molecule has 2 aliphatic heterocycles. The number of fused-ring (bicyclic) bond motifs is 19. The number of ether oxygens (including phenoxy) is 3. The van der Waals surface area contributed by atoms with E-state index in [0.29, 0.717) is 62.3 Å². The summed E-state index contributed by atoms with van der Waals surface area (Å²) >= 11 is 1.98. The zero-order chi connectivity index (χ0) is 82.4. The minimum atomic E-state index is -2.29. The quantitative estimate of drug-likeness (QED) is 0.0952. The summed E-state index contributed by atoms with van der Waals surface area (Å²) in [5, 5.41) is 66.1. The molecule has 2 saturated heterocycles. The number of thioether (sulfide) groups is 1. The highest BCUT2D eigenvalue weighted by molar-refractivity contribution is 8.13. The molecular weight excluding hydrogens is 1510 g/mol. The monoisotopic (exact) mass is 1620 g/mol. The standard InChI is InChI=1S/C25H34O6.C24H29F3O5S.C22H29FO5.C19H19NOS/c1-4-5-21-30-20-11-17-16-7-6-14-10-15(27)8-9-23(14,2)22(16)18(28)12-24(17,3)25(20,31-21)19(29)13-26;1-4-19(30)32-23(20(31)33-12-25)8-6-14-15-10-17(26)16-9-13(28)5-7-21(16,2)24(15,27)18(29)11-22(14,23)3;1-12-8-16-15-5-4-13-9-14(25)6-7-19(13,2)21(15,23)17(26)10-20(16,3)22(12,28)18(27)11-24;1-20-9-6-13(7-10-20)18-15-5-3-2-4-14(15)12-17(21)19-16(18)8-11-22-19/h8-10,16-18,20-22,26,28H,4-7,11-13H2,1-3H3;5,7,9,14-15,17-18,29H,4,6,8,10-12H2,1-3H3;6-7,9,12,15-17,24,26,28H,4-5,8,10-11H2,1-3H3;2-5,8,11H,6-7,9-10,12H2,1H3/t16-,17-,18-,20+,21?,22+,23-,24-,25?;14-,15-,17-,18-,21-,22-,23-,24-;12-,15+,16+,17+,19+,20+,21+,22+;/m001./s1. The van der Waals surface area contributed by atoms with E-state index in [1.807, 2.05) is 12.1 Å². The molecule has 6 N–H and O–H groups in total. The molecule has 18 nitrogen and oxygen atoms in total. The Morgan fingerprint density at radius 3 is 2.00 bits per heavy atom. The van der Waals surface area contributed by atoms with Crippen LogP contribution in [-0.4, -0.2) is 186 Å². The molecule has 618 valence electrons. The van der Waals surface area contributed by atoms with E-state index in [0.717, 1.165) is 61.7 Å². The number of Topliss-reactive ketones (excluding diaryl/α,β-unsaturated/α-hetero) is 3. The molecule has 1 aromatic carbocycles. The number of ketones is 6. The maximum absolute atomic E-state index is 17.1. The number of allylic oxidation sites excluding steroid dienone is 12. The van der Waals surface area contributed by atoms with Crippen LogP contribution in [0.25, 0.3) is 5.57 Å². The Bertz CT molecular complexity index is 4500. The third-order valence-electron chi connectivity index (χ3n) is 31.8. The van der Waals surface area contributed by atoms with Gasteiger partial charge in [-0.15, -0.1) is 11.3 Å². The summed E-state index contributed by atoms with van der Waals surface area (Å²) in [6, 6.07) is 9.57. The number of carbonyl (C=O) groups excluding carboxylic acids is 8. The summed E-state index contributed by atoms with van der Waals surface area (Å²) in [5.74, 6) is -4.49. The summed E-state index contributed by atoms with van der Waals surface area (Å²) in [5.41, 5.74) is -6.49. The number of alkyl halides is 4. The van der Waals surface area contributed by atoms with Crippen molar-refractivity contribution in [1.82, 2.24) is 4.90 Å². The third-order valence-corrected chi connectivity index (χ3v) is 33.4. The van der Waals surface area contributed by atoms with Gasteiger partial charge in [-0.25, -0.2) is 17.6 Å². The molecule has 13 aliphatic carbocycles. The van der Waals surface area contributed by atoms with E-state index in [1.165, 1.54) is 59.1 Å². The molecule has 24 heteroatoms. The minimum absolute atomic E-state index is 0.00724. The molecule has 0 amide bonds. The maximum atomic E-state index is 17.1. The number of nitrogens with zero attached hydrogens (tertiary/aromatic N) is 1. The van der Waals surface area contributed by atoms with Crippen molar-refractivity contribution in [3.05, 3.63) is 134 Å². The third kappa shape index (κ3) is 12.2. The highest BCUT2D eigenvalue weighted by Gasteiger charge is 2.80. The zero-order valence-corrected chi connectivity index (χ0v) is 68.6. The van der Waals surface area contributed by atoms with Crippen LogP contribution in [0.2, 0.25) is 0 Å². The van der Waals surface area contributed by atoms with Gasteiger partial charge in [-0.05, 0) is 229 Å². The summed E-state index contributed by atoms with van der Waals surface area (Å²) in [6.07, 6.45) is 15.7. The van der Waals surface area contributed by atoms with Gasteiger partial charge >= 0.3 is 5.97 Å². The largest absolute Gasteiger partial charge is 0.449 e. The fourth-order valence-corrected chi connectivity index (χ4v) is 27.7.